The Morgan fingerprint density at radius 2 is 1.38 bits per heavy atom. The number of aldehydes is 1. The van der Waals surface area contributed by atoms with Crippen molar-refractivity contribution >= 4 is 105 Å². The van der Waals surface area contributed by atoms with Crippen LogP contribution in [0.15, 0.2) is 34.9 Å². The maximum atomic E-state index is 10.1. The number of carbonyl (C=O) groups excluding carboxylic acids is 1. The number of allylic oxidation sites excluding steroid dienone is 6. The number of aliphatic hydroxyl groups is 2. The normalized spacial score (nSPS) is 13.8. The first kappa shape index (κ1) is 57.0. The van der Waals surface area contributed by atoms with E-state index in [4.69, 9.17) is 11.5 Å². The van der Waals surface area contributed by atoms with E-state index in [0.29, 0.717) is 32.2 Å². The molecule has 0 rings (SSSR count). The van der Waals surface area contributed by atoms with Gasteiger partial charge in [0.1, 0.15) is 11.9 Å². The minimum atomic E-state index is -0.940. The number of hydrogen-bond donors (Lipinski definition) is 2. The van der Waals surface area contributed by atoms with Gasteiger partial charge in [-0.05, 0) is 90.6 Å². The van der Waals surface area contributed by atoms with Crippen molar-refractivity contribution in [2.24, 2.45) is 11.8 Å². The molecule has 0 aliphatic rings. The molecule has 0 aliphatic carbocycles. The topological polar surface area (TPSA) is 57.5 Å². The summed E-state index contributed by atoms with van der Waals surface area (Å²) in [7, 11) is 0. The maximum absolute atomic E-state index is 10.1. The van der Waals surface area contributed by atoms with Crippen molar-refractivity contribution in [3.8, 4) is 12.3 Å². The van der Waals surface area contributed by atoms with Crippen LogP contribution in [0.3, 0.4) is 0 Å². The zero-order valence-electron chi connectivity index (χ0n) is 27.6. The van der Waals surface area contributed by atoms with E-state index in [2.05, 4.69) is 141 Å². The van der Waals surface area contributed by atoms with Crippen molar-refractivity contribution in [2.75, 3.05) is 6.61 Å². The van der Waals surface area contributed by atoms with Crippen LogP contribution in [0.2, 0.25) is 0 Å². The molecule has 254 valence electrons. The van der Waals surface area contributed by atoms with Gasteiger partial charge < -0.3 is 10.2 Å². The van der Waals surface area contributed by atoms with Crippen molar-refractivity contribution < 1.29 is 28.3 Å². The first-order valence-corrected chi connectivity index (χ1v) is 33.4. The van der Waals surface area contributed by atoms with E-state index >= 15 is 0 Å². The van der Waals surface area contributed by atoms with Crippen LogP contribution < -0.4 is 13.3 Å². The molecule has 0 spiro atoms. The van der Waals surface area contributed by atoms with Gasteiger partial charge in [0.05, 0.1) is 0 Å². The molecule has 0 radical (unpaired) electrons. The van der Waals surface area contributed by atoms with Crippen LogP contribution in [0.5, 0.6) is 0 Å². The Kier molecular flexibility index (Phi) is 62.3. The van der Waals surface area contributed by atoms with Gasteiger partial charge >= 0.3 is 50.5 Å². The summed E-state index contributed by atoms with van der Waals surface area (Å²) in [5, 5.41) is 18.1. The molecule has 42 heavy (non-hydrogen) atoms. The van der Waals surface area contributed by atoms with Crippen LogP contribution in [0.4, 0.5) is 0 Å². The van der Waals surface area contributed by atoms with Gasteiger partial charge in [0.2, 0.25) is 0 Å². The van der Waals surface area contributed by atoms with Gasteiger partial charge in [-0.15, -0.1) is 30.4 Å². The van der Waals surface area contributed by atoms with Gasteiger partial charge in [-0.3, -0.25) is 4.79 Å². The van der Waals surface area contributed by atoms with Gasteiger partial charge in [-0.1, -0.05) is 95.1 Å². The predicted octanol–water partition coefficient (Wildman–Crippen LogP) is 10.2. The molecule has 9 heteroatoms. The molecule has 0 saturated carbocycles. The van der Waals surface area contributed by atoms with Crippen molar-refractivity contribution in [3.05, 3.63) is 34.9 Å². The second-order valence-electron chi connectivity index (χ2n) is 10.6. The number of carbonyl (C=O) groups is 1. The van der Waals surface area contributed by atoms with Crippen molar-refractivity contribution in [1.82, 2.24) is 0 Å². The first-order valence-electron chi connectivity index (χ1n) is 14.6. The molecule has 0 saturated heterocycles. The summed E-state index contributed by atoms with van der Waals surface area (Å²) in [5.74, 6) is 3.95. The molecule has 0 fully saturated rings. The van der Waals surface area contributed by atoms with E-state index in [1.54, 1.807) is 13.0 Å². The van der Waals surface area contributed by atoms with Crippen LogP contribution >= 0.6 is 98.4 Å². The Morgan fingerprint density at radius 1 is 0.929 bits per heavy atom. The fourth-order valence-electron chi connectivity index (χ4n) is 3.09. The first-order chi connectivity index (χ1) is 19.3. The van der Waals surface area contributed by atoms with Crippen LogP contribution in [0.25, 0.3) is 0 Å². The quantitative estimate of drug-likeness (QED) is 0.0533. The van der Waals surface area contributed by atoms with Crippen LogP contribution in [-0.2, 0) is 4.79 Å². The van der Waals surface area contributed by atoms with Crippen LogP contribution in [0, 0.1) is 24.2 Å². The van der Waals surface area contributed by atoms with E-state index in [1.807, 2.05) is 6.92 Å². The van der Waals surface area contributed by atoms with Crippen molar-refractivity contribution in [1.29, 1.82) is 0 Å². The molecule has 0 aliphatic heterocycles. The van der Waals surface area contributed by atoms with Gasteiger partial charge in [-0.2, -0.15) is 0 Å². The van der Waals surface area contributed by atoms with Crippen molar-refractivity contribution in [3.63, 3.8) is 0 Å². The third-order valence-corrected chi connectivity index (χ3v) is 6.65. The second kappa shape index (κ2) is 45.9. The molecule has 0 aromatic heterocycles. The number of rotatable bonds is 16. The Balaban J connectivity index is -0.000000106. The molecule has 0 aromatic carbocycles. The van der Waals surface area contributed by atoms with Crippen LogP contribution in [-0.4, -0.2) is 28.7 Å². The predicted molar refractivity (Wildman–Crippen MR) is 232 cm³/mol. The molecule has 3 unspecified atom stereocenters. The summed E-state index contributed by atoms with van der Waals surface area (Å²) in [6.07, 6.45) is 24.0. The molecule has 2 N–H and O–H groups in total. The van der Waals surface area contributed by atoms with E-state index in [1.165, 1.54) is 36.8 Å². The summed E-state index contributed by atoms with van der Waals surface area (Å²) >= 11 is 9.54. The number of halogens is 6. The Morgan fingerprint density at radius 3 is 1.76 bits per heavy atom. The summed E-state index contributed by atoms with van der Waals surface area (Å²) in [5.41, 5.74) is 2.99. The van der Waals surface area contributed by atoms with E-state index in [0.717, 1.165) is 56.3 Å². The SMILES string of the molecule is C#CC(C)(O)CC/C=C(\C)CC.CC/C(C)=C/CC/C(C)=C/C=O.CCC(C)CCCC(C)CCO.I.II.I[I-]I. The minimum absolute atomic E-state index is 0. The molecule has 0 heterocycles. The Labute approximate surface area is 332 Å². The second-order valence-corrected chi connectivity index (χ2v) is 26.8. The number of hydrogen-bond acceptors (Lipinski definition) is 3. The van der Waals surface area contributed by atoms with Gasteiger partial charge in [0.15, 0.2) is 0 Å². The molecule has 0 aromatic rings. The molecule has 3 atom stereocenters. The Hall–Kier alpha value is 2.75. The monoisotopic (exact) mass is 1270 g/mol. The standard InChI is InChI=1S/C11H18O.C11H24O.C11H18O.I3.I2.HI/c1-5-10(3)8-7-9-11(4,12)6-2;2*1-4-10(2)6-5-7-11(3)8-9-12;1-3-2;1-2;/h2,8,12H,5,7,9H2,1,3-4H3;10-12H,4-9H2,1-3H3;6,8-9H,4-5,7H2,1-3H3;;;1H/q;;;-1;;/b10-8+;;10-6+,11-8+;;;. The van der Waals surface area contributed by atoms with E-state index in [-0.39, 0.29) is 24.0 Å². The zero-order valence-corrected chi connectivity index (χ0v) is 40.7. The third kappa shape index (κ3) is 55.2. The summed E-state index contributed by atoms with van der Waals surface area (Å²) in [4.78, 5) is 10.1. The Bertz CT molecular complexity index is 686. The zero-order chi connectivity index (χ0) is 33.1. The van der Waals surface area contributed by atoms with E-state index < -0.39 is 5.60 Å². The summed E-state index contributed by atoms with van der Waals surface area (Å²) in [6.45, 7) is 19.3. The fourth-order valence-corrected chi connectivity index (χ4v) is 3.09. The molecular weight excluding hydrogens is 1210 g/mol. The average molecular weight is 1270 g/mol. The molecule has 0 bridgehead atoms. The molecule has 0 amide bonds. The van der Waals surface area contributed by atoms with E-state index in [9.17, 15) is 9.90 Å². The third-order valence-electron chi connectivity index (χ3n) is 6.65. The summed E-state index contributed by atoms with van der Waals surface area (Å²) in [6, 6.07) is 0. The average Bonchev–Trinajstić information content (AvgIpc) is 2.95. The van der Waals surface area contributed by atoms with Gasteiger partial charge in [0.25, 0.3) is 0 Å². The van der Waals surface area contributed by atoms with Crippen LogP contribution in [0.1, 0.15) is 133 Å². The number of terminal acetylenes is 1. The number of aliphatic hydroxyl groups excluding tert-OH is 1. The molecular formula is C33H61I6O3-. The van der Waals surface area contributed by atoms with Crippen molar-refractivity contribution in [2.45, 2.75) is 139 Å². The van der Waals surface area contributed by atoms with Gasteiger partial charge in [0, 0.05) is 43.8 Å². The van der Waals surface area contributed by atoms with Gasteiger partial charge in [-0.25, -0.2) is 0 Å². The fraction of sp³-hybridized carbons (Fsp3) is 0.727. The molecule has 3 nitrogen and oxygen atoms in total. The summed E-state index contributed by atoms with van der Waals surface area (Å²) < 4.78 is 0.